The number of hydrogen-bond acceptors (Lipinski definition) is 4. The summed E-state index contributed by atoms with van der Waals surface area (Å²) in [6.07, 6.45) is 0. The molecule has 1 unspecified atom stereocenters. The molecule has 1 aromatic heterocycles. The molecule has 0 fully saturated rings. The first-order chi connectivity index (χ1) is 13.3. The van der Waals surface area contributed by atoms with Gasteiger partial charge in [0.15, 0.2) is 17.4 Å². The van der Waals surface area contributed by atoms with E-state index in [-0.39, 0.29) is 27.1 Å². The Morgan fingerprint density at radius 1 is 1.07 bits per heavy atom. The Labute approximate surface area is 169 Å². The van der Waals surface area contributed by atoms with Crippen molar-refractivity contribution in [2.24, 2.45) is 4.99 Å². The molecule has 0 radical (unpaired) electrons. The molecule has 0 aliphatic carbocycles. The van der Waals surface area contributed by atoms with Crippen LogP contribution in [0.15, 0.2) is 29.3 Å². The van der Waals surface area contributed by atoms with Crippen LogP contribution in [0.2, 0.25) is 10.0 Å². The normalized spacial score (nSPS) is 15.5. The van der Waals surface area contributed by atoms with E-state index in [4.69, 9.17) is 27.9 Å². The summed E-state index contributed by atoms with van der Waals surface area (Å²) < 4.78 is 36.6. The fourth-order valence-electron chi connectivity index (χ4n) is 3.31. The van der Waals surface area contributed by atoms with Crippen molar-refractivity contribution in [3.05, 3.63) is 68.7 Å². The Kier molecular flexibility index (Phi) is 4.59. The maximum absolute atomic E-state index is 15.1. The number of aliphatic imine (C=N–C) groups is 1. The first kappa shape index (κ1) is 18.8. The van der Waals surface area contributed by atoms with Gasteiger partial charge >= 0.3 is 0 Å². The van der Waals surface area contributed by atoms with Crippen LogP contribution in [0.25, 0.3) is 5.69 Å². The van der Waals surface area contributed by atoms with E-state index in [1.54, 1.807) is 30.5 Å². The van der Waals surface area contributed by atoms with Gasteiger partial charge in [0, 0.05) is 5.56 Å². The van der Waals surface area contributed by atoms with Crippen LogP contribution in [0.3, 0.4) is 0 Å². The predicted molar refractivity (Wildman–Crippen MR) is 103 cm³/mol. The highest BCUT2D eigenvalue weighted by Crippen LogP contribution is 2.39. The molecule has 0 bridgehead atoms. The van der Waals surface area contributed by atoms with Crippen molar-refractivity contribution in [1.29, 1.82) is 0 Å². The molecule has 9 heteroatoms. The molecule has 0 N–H and O–H groups in total. The Balaban J connectivity index is 2.13. The second-order valence-electron chi connectivity index (χ2n) is 6.29. The van der Waals surface area contributed by atoms with E-state index in [9.17, 15) is 4.39 Å². The van der Waals surface area contributed by atoms with Gasteiger partial charge in [0.05, 0.1) is 34.1 Å². The van der Waals surface area contributed by atoms with Crippen LogP contribution in [0, 0.1) is 18.6 Å². The van der Waals surface area contributed by atoms with E-state index in [0.717, 1.165) is 6.07 Å². The molecule has 0 saturated heterocycles. The lowest BCUT2D eigenvalue weighted by Crippen LogP contribution is -2.13. The molecule has 2 heterocycles. The SMILES string of the molecule is COc1ccc(F)c(C2=NC(C)c3nnc(C)n3-c3ccc(Cl)c(Cl)c32)c1F. The number of rotatable bonds is 2. The molecule has 0 amide bonds. The standard InChI is InChI=1S/C19H14Cl2F2N4O/c1-8-19-26-25-9(2)27(19)12-6-4-10(20)16(21)15(12)18(24-8)14-11(22)5-7-13(28-3)17(14)23/h4-8H,1-3H3. The van der Waals surface area contributed by atoms with Gasteiger partial charge in [-0.2, -0.15) is 0 Å². The summed E-state index contributed by atoms with van der Waals surface area (Å²) in [6, 6.07) is 5.11. The number of methoxy groups -OCH3 is 1. The van der Waals surface area contributed by atoms with Crippen LogP contribution in [0.1, 0.15) is 35.7 Å². The third kappa shape index (κ3) is 2.69. The fourth-order valence-corrected chi connectivity index (χ4v) is 3.72. The second-order valence-corrected chi connectivity index (χ2v) is 7.07. The summed E-state index contributed by atoms with van der Waals surface area (Å²) in [7, 11) is 1.31. The highest BCUT2D eigenvalue weighted by atomic mass is 35.5. The molecule has 0 spiro atoms. The van der Waals surface area contributed by atoms with Crippen molar-refractivity contribution in [1.82, 2.24) is 14.8 Å². The van der Waals surface area contributed by atoms with Crippen molar-refractivity contribution < 1.29 is 13.5 Å². The van der Waals surface area contributed by atoms with Gasteiger partial charge in [-0.05, 0) is 38.1 Å². The molecule has 28 heavy (non-hydrogen) atoms. The first-order valence-corrected chi connectivity index (χ1v) is 9.11. The number of ether oxygens (including phenoxy) is 1. The van der Waals surface area contributed by atoms with Gasteiger partial charge in [-0.1, -0.05) is 23.2 Å². The first-order valence-electron chi connectivity index (χ1n) is 8.36. The van der Waals surface area contributed by atoms with Gasteiger partial charge in [-0.15, -0.1) is 10.2 Å². The van der Waals surface area contributed by atoms with Crippen LogP contribution in [0.5, 0.6) is 5.75 Å². The third-order valence-corrected chi connectivity index (χ3v) is 5.41. The summed E-state index contributed by atoms with van der Waals surface area (Å²) in [4.78, 5) is 4.56. The number of nitrogens with zero attached hydrogens (tertiary/aromatic N) is 4. The molecule has 1 aliphatic heterocycles. The molecule has 5 nitrogen and oxygen atoms in total. The van der Waals surface area contributed by atoms with Gasteiger partial charge in [-0.3, -0.25) is 9.56 Å². The highest BCUT2D eigenvalue weighted by molar-refractivity contribution is 6.45. The maximum atomic E-state index is 15.1. The van der Waals surface area contributed by atoms with Crippen LogP contribution in [-0.2, 0) is 0 Å². The third-order valence-electron chi connectivity index (χ3n) is 4.61. The Hall–Kier alpha value is -2.51. The second kappa shape index (κ2) is 6.83. The maximum Gasteiger partial charge on any atom is 0.177 e. The van der Waals surface area contributed by atoms with E-state index < -0.39 is 17.7 Å². The van der Waals surface area contributed by atoms with Crippen LogP contribution >= 0.6 is 23.2 Å². The Bertz CT molecular complexity index is 1140. The molecule has 2 aromatic carbocycles. The van der Waals surface area contributed by atoms with Gasteiger partial charge in [0.25, 0.3) is 0 Å². The minimum atomic E-state index is -0.871. The van der Waals surface area contributed by atoms with Gasteiger partial charge in [-0.25, -0.2) is 8.78 Å². The molecule has 3 aromatic rings. The summed E-state index contributed by atoms with van der Waals surface area (Å²) in [6.45, 7) is 3.53. The van der Waals surface area contributed by atoms with Gasteiger partial charge < -0.3 is 4.74 Å². The lowest BCUT2D eigenvalue weighted by atomic mass is 9.98. The summed E-state index contributed by atoms with van der Waals surface area (Å²) >= 11 is 12.7. The Morgan fingerprint density at radius 2 is 1.82 bits per heavy atom. The van der Waals surface area contributed by atoms with Gasteiger partial charge in [0.1, 0.15) is 17.7 Å². The zero-order valence-electron chi connectivity index (χ0n) is 15.1. The number of aromatic nitrogens is 3. The number of hydrogen-bond donors (Lipinski definition) is 0. The van der Waals surface area contributed by atoms with Gasteiger partial charge in [0.2, 0.25) is 0 Å². The van der Waals surface area contributed by atoms with Crippen molar-refractivity contribution in [2.75, 3.05) is 7.11 Å². The lowest BCUT2D eigenvalue weighted by molar-refractivity contribution is 0.383. The van der Waals surface area contributed by atoms with Crippen molar-refractivity contribution >= 4 is 28.9 Å². The average Bonchev–Trinajstić information content (AvgIpc) is 2.99. The zero-order valence-corrected chi connectivity index (χ0v) is 16.6. The molecular formula is C19H14Cl2F2N4O. The summed E-state index contributed by atoms with van der Waals surface area (Å²) in [5, 5.41) is 8.64. The largest absolute Gasteiger partial charge is 0.494 e. The van der Waals surface area contributed by atoms with E-state index in [0.29, 0.717) is 22.9 Å². The van der Waals surface area contributed by atoms with Crippen LogP contribution in [0.4, 0.5) is 8.78 Å². The molecule has 144 valence electrons. The van der Waals surface area contributed by atoms with Crippen LogP contribution in [-0.4, -0.2) is 27.6 Å². The van der Waals surface area contributed by atoms with E-state index in [1.807, 2.05) is 0 Å². The molecule has 1 atom stereocenters. The quantitative estimate of drug-likeness (QED) is 0.578. The van der Waals surface area contributed by atoms with E-state index in [1.165, 1.54) is 13.2 Å². The molecule has 4 rings (SSSR count). The van der Waals surface area contributed by atoms with Crippen LogP contribution < -0.4 is 4.74 Å². The fraction of sp³-hybridized carbons (Fsp3) is 0.211. The Morgan fingerprint density at radius 3 is 2.54 bits per heavy atom. The number of fused-ring (bicyclic) bond motifs is 3. The minimum absolute atomic E-state index is 0.0359. The minimum Gasteiger partial charge on any atom is -0.494 e. The molecule has 1 aliphatic rings. The smallest absolute Gasteiger partial charge is 0.177 e. The highest BCUT2D eigenvalue weighted by Gasteiger charge is 2.31. The van der Waals surface area contributed by atoms with Crippen molar-refractivity contribution in [3.8, 4) is 11.4 Å². The molecular weight excluding hydrogens is 409 g/mol. The summed E-state index contributed by atoms with van der Waals surface area (Å²) in [5.74, 6) is -0.655. The van der Waals surface area contributed by atoms with E-state index in [2.05, 4.69) is 15.2 Å². The molecule has 0 saturated carbocycles. The topological polar surface area (TPSA) is 52.3 Å². The zero-order chi connectivity index (χ0) is 20.2. The average molecular weight is 423 g/mol. The lowest BCUT2D eigenvalue weighted by Gasteiger charge is -2.16. The van der Waals surface area contributed by atoms with Crippen molar-refractivity contribution in [2.45, 2.75) is 19.9 Å². The monoisotopic (exact) mass is 422 g/mol. The van der Waals surface area contributed by atoms with Crippen molar-refractivity contribution in [3.63, 3.8) is 0 Å². The summed E-state index contributed by atoms with van der Waals surface area (Å²) in [5.41, 5.74) is 0.534. The predicted octanol–water partition coefficient (Wildman–Crippen LogP) is 5.08. The number of benzene rings is 2. The number of aryl methyl sites for hydroxylation is 1. The number of halogens is 4. The van der Waals surface area contributed by atoms with E-state index >= 15 is 4.39 Å².